The Hall–Kier alpha value is -0.970. The van der Waals surface area contributed by atoms with E-state index in [1.165, 1.54) is 17.7 Å². The van der Waals surface area contributed by atoms with Gasteiger partial charge in [0.1, 0.15) is 5.82 Å². The minimum absolute atomic E-state index is 0.166. The Labute approximate surface area is 139 Å². The van der Waals surface area contributed by atoms with Gasteiger partial charge in [-0.1, -0.05) is 32.4 Å². The van der Waals surface area contributed by atoms with Gasteiger partial charge in [-0.3, -0.25) is 0 Å². The molecule has 1 heterocycles. The van der Waals surface area contributed by atoms with E-state index in [2.05, 4.69) is 24.1 Å². The van der Waals surface area contributed by atoms with Crippen LogP contribution in [0.25, 0.3) is 0 Å². The van der Waals surface area contributed by atoms with Crippen LogP contribution in [0.5, 0.6) is 0 Å². The number of piperidine rings is 1. The fraction of sp³-hybridized carbons (Fsp3) is 0.684. The van der Waals surface area contributed by atoms with Crippen molar-refractivity contribution in [2.24, 2.45) is 5.92 Å². The van der Waals surface area contributed by atoms with Crippen molar-refractivity contribution >= 4 is 0 Å². The van der Waals surface area contributed by atoms with E-state index in [1.54, 1.807) is 0 Å². The molecule has 0 aliphatic carbocycles. The van der Waals surface area contributed by atoms with Gasteiger partial charge in [0.25, 0.3) is 0 Å². The first-order valence-electron chi connectivity index (χ1n) is 8.96. The van der Waals surface area contributed by atoms with Crippen molar-refractivity contribution in [1.29, 1.82) is 0 Å². The number of nitrogens with one attached hydrogen (secondary N) is 1. The number of hydrogen-bond donors (Lipinski definition) is 2. The van der Waals surface area contributed by atoms with Gasteiger partial charge in [-0.2, -0.15) is 0 Å². The van der Waals surface area contributed by atoms with Gasteiger partial charge < -0.3 is 15.3 Å². The summed E-state index contributed by atoms with van der Waals surface area (Å²) in [7, 11) is 0. The fourth-order valence-corrected chi connectivity index (χ4v) is 3.06. The molecule has 1 aliphatic heterocycles. The molecular weight excluding hydrogens is 291 g/mol. The Morgan fingerprint density at radius 1 is 1.26 bits per heavy atom. The highest BCUT2D eigenvalue weighted by molar-refractivity contribution is 5.16. The van der Waals surface area contributed by atoms with Crippen LogP contribution in [0.2, 0.25) is 0 Å². The van der Waals surface area contributed by atoms with Crippen LogP contribution in [-0.4, -0.2) is 48.3 Å². The van der Waals surface area contributed by atoms with Crippen LogP contribution in [0.1, 0.15) is 38.7 Å². The molecule has 0 bridgehead atoms. The van der Waals surface area contributed by atoms with E-state index in [1.807, 2.05) is 12.1 Å². The average Bonchev–Trinajstić information content (AvgIpc) is 2.59. The van der Waals surface area contributed by atoms with Crippen molar-refractivity contribution in [2.45, 2.75) is 51.7 Å². The summed E-state index contributed by atoms with van der Waals surface area (Å²) in [6.45, 7) is 8.15. The van der Waals surface area contributed by atoms with E-state index in [9.17, 15) is 9.50 Å². The maximum atomic E-state index is 12.9. The van der Waals surface area contributed by atoms with Crippen LogP contribution in [0.4, 0.5) is 4.39 Å². The maximum absolute atomic E-state index is 12.9. The number of aliphatic hydroxyl groups is 1. The van der Waals surface area contributed by atoms with E-state index < -0.39 is 0 Å². The normalized spacial score (nSPS) is 19.7. The molecule has 0 amide bonds. The summed E-state index contributed by atoms with van der Waals surface area (Å²) >= 11 is 0. The van der Waals surface area contributed by atoms with Gasteiger partial charge in [0.05, 0.1) is 6.10 Å². The Balaban J connectivity index is 1.63. The lowest BCUT2D eigenvalue weighted by Gasteiger charge is -2.33. The molecule has 2 atom stereocenters. The van der Waals surface area contributed by atoms with Crippen molar-refractivity contribution in [2.75, 3.05) is 26.2 Å². The highest BCUT2D eigenvalue weighted by atomic mass is 19.1. The predicted molar refractivity (Wildman–Crippen MR) is 93.0 cm³/mol. The van der Waals surface area contributed by atoms with Crippen molar-refractivity contribution in [3.63, 3.8) is 0 Å². The number of halogens is 1. The number of rotatable bonds is 8. The zero-order valence-corrected chi connectivity index (χ0v) is 14.5. The third kappa shape index (κ3) is 6.21. The summed E-state index contributed by atoms with van der Waals surface area (Å²) in [5.41, 5.74) is 1.20. The van der Waals surface area contributed by atoms with E-state index >= 15 is 0 Å². The Morgan fingerprint density at radius 2 is 1.91 bits per heavy atom. The standard InChI is InChI=1S/C19H31FN2O/c1-3-15(2)19(23)14-21-18-9-12-22(13-10-18)11-8-16-4-6-17(20)7-5-16/h4-7,15,18-19,21,23H,3,8-14H2,1-2H3. The summed E-state index contributed by atoms with van der Waals surface area (Å²) in [4.78, 5) is 2.48. The molecule has 0 aromatic heterocycles. The topological polar surface area (TPSA) is 35.5 Å². The summed E-state index contributed by atoms with van der Waals surface area (Å²) in [5, 5.41) is 13.5. The second-order valence-corrected chi connectivity index (χ2v) is 6.85. The molecule has 2 rings (SSSR count). The fourth-order valence-electron chi connectivity index (χ4n) is 3.06. The molecule has 0 radical (unpaired) electrons. The van der Waals surface area contributed by atoms with Gasteiger partial charge in [0.15, 0.2) is 0 Å². The van der Waals surface area contributed by atoms with Crippen molar-refractivity contribution < 1.29 is 9.50 Å². The van der Waals surface area contributed by atoms with Crippen LogP contribution < -0.4 is 5.32 Å². The zero-order valence-electron chi connectivity index (χ0n) is 14.5. The maximum Gasteiger partial charge on any atom is 0.123 e. The molecule has 1 fully saturated rings. The second-order valence-electron chi connectivity index (χ2n) is 6.85. The summed E-state index contributed by atoms with van der Waals surface area (Å²) in [5.74, 6) is 0.193. The molecule has 0 spiro atoms. The van der Waals surface area contributed by atoms with Crippen molar-refractivity contribution in [1.82, 2.24) is 10.2 Å². The minimum atomic E-state index is -0.239. The molecule has 23 heavy (non-hydrogen) atoms. The molecular formula is C19H31FN2O. The van der Waals surface area contributed by atoms with Crippen molar-refractivity contribution in [3.8, 4) is 0 Å². The Kier molecular flexibility index (Phi) is 7.47. The molecule has 2 N–H and O–H groups in total. The van der Waals surface area contributed by atoms with Gasteiger partial charge >= 0.3 is 0 Å². The lowest BCUT2D eigenvalue weighted by Crippen LogP contribution is -2.45. The van der Waals surface area contributed by atoms with Gasteiger partial charge in [0.2, 0.25) is 0 Å². The summed E-state index contributed by atoms with van der Waals surface area (Å²) in [6.07, 6.45) is 4.03. The lowest BCUT2D eigenvalue weighted by molar-refractivity contribution is 0.103. The van der Waals surface area contributed by atoms with Gasteiger partial charge in [0, 0.05) is 19.1 Å². The third-order valence-corrected chi connectivity index (χ3v) is 5.13. The van der Waals surface area contributed by atoms with Crippen LogP contribution in [-0.2, 0) is 6.42 Å². The first-order chi connectivity index (χ1) is 11.1. The number of hydrogen-bond acceptors (Lipinski definition) is 3. The quantitative estimate of drug-likeness (QED) is 0.772. The number of aliphatic hydroxyl groups excluding tert-OH is 1. The minimum Gasteiger partial charge on any atom is -0.392 e. The lowest BCUT2D eigenvalue weighted by atomic mass is 10.00. The summed E-state index contributed by atoms with van der Waals surface area (Å²) in [6, 6.07) is 7.35. The van der Waals surface area contributed by atoms with Crippen molar-refractivity contribution in [3.05, 3.63) is 35.6 Å². The summed E-state index contributed by atoms with van der Waals surface area (Å²) < 4.78 is 12.9. The van der Waals surface area contributed by atoms with Gasteiger partial charge in [-0.25, -0.2) is 4.39 Å². The Morgan fingerprint density at radius 3 is 2.52 bits per heavy atom. The van der Waals surface area contributed by atoms with Crippen LogP contribution in [0, 0.1) is 11.7 Å². The van der Waals surface area contributed by atoms with Crippen LogP contribution in [0.3, 0.4) is 0 Å². The molecule has 1 aromatic rings. The highest BCUT2D eigenvalue weighted by Crippen LogP contribution is 2.13. The molecule has 130 valence electrons. The molecule has 2 unspecified atom stereocenters. The highest BCUT2D eigenvalue weighted by Gasteiger charge is 2.20. The molecule has 1 aromatic carbocycles. The predicted octanol–water partition coefficient (Wildman–Crippen LogP) is 2.83. The molecule has 1 saturated heterocycles. The molecule has 3 nitrogen and oxygen atoms in total. The number of likely N-dealkylation sites (tertiary alicyclic amines) is 1. The average molecular weight is 322 g/mol. The monoisotopic (exact) mass is 322 g/mol. The molecule has 4 heteroatoms. The SMILES string of the molecule is CCC(C)C(O)CNC1CCN(CCc2ccc(F)cc2)CC1. The second kappa shape index (κ2) is 9.36. The largest absolute Gasteiger partial charge is 0.392 e. The molecule has 1 aliphatic rings. The third-order valence-electron chi connectivity index (χ3n) is 5.13. The van der Waals surface area contributed by atoms with E-state index in [0.717, 1.165) is 45.3 Å². The first kappa shape index (κ1) is 18.4. The number of nitrogens with zero attached hydrogens (tertiary/aromatic N) is 1. The van der Waals surface area contributed by atoms with E-state index in [0.29, 0.717) is 18.5 Å². The van der Waals surface area contributed by atoms with E-state index in [-0.39, 0.29) is 11.9 Å². The first-order valence-corrected chi connectivity index (χ1v) is 8.96. The van der Waals surface area contributed by atoms with Gasteiger partial charge in [-0.05, 0) is 56.0 Å². The Bertz CT molecular complexity index is 443. The number of benzene rings is 1. The van der Waals surface area contributed by atoms with Gasteiger partial charge in [-0.15, -0.1) is 0 Å². The zero-order chi connectivity index (χ0) is 16.7. The smallest absolute Gasteiger partial charge is 0.123 e. The van der Waals surface area contributed by atoms with Crippen LogP contribution >= 0.6 is 0 Å². The molecule has 0 saturated carbocycles. The van der Waals surface area contributed by atoms with E-state index in [4.69, 9.17) is 0 Å². The van der Waals surface area contributed by atoms with Crippen LogP contribution in [0.15, 0.2) is 24.3 Å².